The minimum atomic E-state index is -0.367. The smallest absolute Gasteiger partial charge is 0.258 e. The highest BCUT2D eigenvalue weighted by Gasteiger charge is 2.12. The molecule has 20 heavy (non-hydrogen) atoms. The Balaban J connectivity index is 2.21. The van der Waals surface area contributed by atoms with Gasteiger partial charge >= 0.3 is 0 Å². The molecule has 0 radical (unpaired) electrons. The number of amides is 1. The standard InChI is InChI=1S/C13H12ClN3O3/c1-19-9-4-3-8(7-10(9)20-2)12(18)17-13-15-6-5-11(14)16-13/h3-7H,1-2H3,(H,15,16,17,18). The van der Waals surface area contributed by atoms with E-state index in [0.29, 0.717) is 17.1 Å². The van der Waals surface area contributed by atoms with Gasteiger partial charge in [0.1, 0.15) is 5.15 Å². The summed E-state index contributed by atoms with van der Waals surface area (Å²) in [6, 6.07) is 6.35. The van der Waals surface area contributed by atoms with Gasteiger partial charge in [0, 0.05) is 11.8 Å². The number of nitrogens with one attached hydrogen (secondary N) is 1. The first-order valence-corrected chi connectivity index (χ1v) is 6.03. The van der Waals surface area contributed by atoms with Gasteiger partial charge in [0.2, 0.25) is 5.95 Å². The van der Waals surface area contributed by atoms with Crippen LogP contribution in [-0.4, -0.2) is 30.1 Å². The highest BCUT2D eigenvalue weighted by molar-refractivity contribution is 6.29. The number of anilines is 1. The lowest BCUT2D eigenvalue weighted by atomic mass is 10.2. The molecule has 0 fully saturated rings. The third kappa shape index (κ3) is 3.16. The van der Waals surface area contributed by atoms with E-state index in [9.17, 15) is 4.79 Å². The van der Waals surface area contributed by atoms with Gasteiger partial charge in [-0.25, -0.2) is 9.97 Å². The normalized spacial score (nSPS) is 9.95. The van der Waals surface area contributed by atoms with Gasteiger partial charge in [-0.05, 0) is 24.3 Å². The van der Waals surface area contributed by atoms with Crippen LogP contribution in [0.15, 0.2) is 30.5 Å². The zero-order valence-corrected chi connectivity index (χ0v) is 11.6. The fourth-order valence-electron chi connectivity index (χ4n) is 1.55. The van der Waals surface area contributed by atoms with Crippen LogP contribution in [0.1, 0.15) is 10.4 Å². The number of benzene rings is 1. The molecule has 1 N–H and O–H groups in total. The second-order valence-corrected chi connectivity index (χ2v) is 4.11. The third-order valence-electron chi connectivity index (χ3n) is 2.49. The Bertz CT molecular complexity index is 634. The number of carbonyl (C=O) groups is 1. The van der Waals surface area contributed by atoms with E-state index in [0.717, 1.165) is 0 Å². The minimum Gasteiger partial charge on any atom is -0.493 e. The Morgan fingerprint density at radius 2 is 1.95 bits per heavy atom. The van der Waals surface area contributed by atoms with Crippen molar-refractivity contribution in [3.63, 3.8) is 0 Å². The summed E-state index contributed by atoms with van der Waals surface area (Å²) in [5.41, 5.74) is 0.395. The van der Waals surface area contributed by atoms with Gasteiger partial charge in [0.25, 0.3) is 5.91 Å². The van der Waals surface area contributed by atoms with Gasteiger partial charge in [-0.3, -0.25) is 10.1 Å². The maximum atomic E-state index is 12.1. The topological polar surface area (TPSA) is 73.3 Å². The minimum absolute atomic E-state index is 0.136. The van der Waals surface area contributed by atoms with E-state index < -0.39 is 0 Å². The molecule has 2 rings (SSSR count). The van der Waals surface area contributed by atoms with Crippen molar-refractivity contribution < 1.29 is 14.3 Å². The van der Waals surface area contributed by atoms with Crippen LogP contribution in [0.25, 0.3) is 0 Å². The van der Waals surface area contributed by atoms with Gasteiger partial charge in [-0.2, -0.15) is 0 Å². The summed E-state index contributed by atoms with van der Waals surface area (Å²) in [5, 5.41) is 2.80. The lowest BCUT2D eigenvalue weighted by Gasteiger charge is -2.09. The largest absolute Gasteiger partial charge is 0.493 e. The molecule has 0 saturated carbocycles. The van der Waals surface area contributed by atoms with Crippen LogP contribution in [0.5, 0.6) is 11.5 Å². The predicted octanol–water partition coefficient (Wildman–Crippen LogP) is 2.40. The molecule has 2 aromatic rings. The predicted molar refractivity (Wildman–Crippen MR) is 74.5 cm³/mol. The van der Waals surface area contributed by atoms with E-state index in [2.05, 4.69) is 15.3 Å². The van der Waals surface area contributed by atoms with Crippen molar-refractivity contribution in [1.82, 2.24) is 9.97 Å². The number of rotatable bonds is 4. The van der Waals surface area contributed by atoms with Gasteiger partial charge in [-0.1, -0.05) is 11.6 Å². The summed E-state index contributed by atoms with van der Waals surface area (Å²) in [6.45, 7) is 0. The molecular weight excluding hydrogens is 282 g/mol. The number of aromatic nitrogens is 2. The molecule has 0 saturated heterocycles. The molecule has 104 valence electrons. The first-order chi connectivity index (χ1) is 9.63. The van der Waals surface area contributed by atoms with Crippen molar-refractivity contribution >= 4 is 23.5 Å². The van der Waals surface area contributed by atoms with Crippen LogP contribution in [-0.2, 0) is 0 Å². The van der Waals surface area contributed by atoms with Crippen LogP contribution in [0.4, 0.5) is 5.95 Å². The summed E-state index contributed by atoms with van der Waals surface area (Å²) in [5.74, 6) is 0.778. The van der Waals surface area contributed by atoms with Crippen molar-refractivity contribution in [3.8, 4) is 11.5 Å². The molecule has 7 heteroatoms. The van der Waals surface area contributed by atoms with Crippen molar-refractivity contribution in [2.24, 2.45) is 0 Å². The average Bonchev–Trinajstić information content (AvgIpc) is 2.46. The monoisotopic (exact) mass is 293 g/mol. The van der Waals surface area contributed by atoms with Gasteiger partial charge in [0.05, 0.1) is 14.2 Å². The summed E-state index contributed by atoms with van der Waals surface area (Å²) >= 11 is 5.72. The van der Waals surface area contributed by atoms with E-state index >= 15 is 0 Å². The second kappa shape index (κ2) is 6.21. The summed E-state index contributed by atoms with van der Waals surface area (Å²) in [6.07, 6.45) is 1.46. The van der Waals surface area contributed by atoms with Crippen molar-refractivity contribution in [2.45, 2.75) is 0 Å². The van der Waals surface area contributed by atoms with E-state index in [-0.39, 0.29) is 17.0 Å². The molecule has 0 aliphatic rings. The molecule has 0 aliphatic heterocycles. The third-order valence-corrected chi connectivity index (χ3v) is 2.70. The first-order valence-electron chi connectivity index (χ1n) is 5.66. The van der Waals surface area contributed by atoms with Crippen molar-refractivity contribution in [1.29, 1.82) is 0 Å². The summed E-state index contributed by atoms with van der Waals surface area (Å²) in [4.78, 5) is 19.8. The van der Waals surface area contributed by atoms with E-state index in [4.69, 9.17) is 21.1 Å². The molecule has 1 aromatic carbocycles. The van der Waals surface area contributed by atoms with Crippen LogP contribution in [0.2, 0.25) is 5.15 Å². The molecule has 1 aromatic heterocycles. The average molecular weight is 294 g/mol. The highest BCUT2D eigenvalue weighted by Crippen LogP contribution is 2.27. The number of hydrogen-bond donors (Lipinski definition) is 1. The van der Waals surface area contributed by atoms with Crippen LogP contribution >= 0.6 is 11.6 Å². The van der Waals surface area contributed by atoms with E-state index in [1.54, 1.807) is 18.2 Å². The molecule has 1 heterocycles. The quantitative estimate of drug-likeness (QED) is 0.876. The lowest BCUT2D eigenvalue weighted by Crippen LogP contribution is -2.14. The fourth-order valence-corrected chi connectivity index (χ4v) is 1.68. The second-order valence-electron chi connectivity index (χ2n) is 3.73. The van der Waals surface area contributed by atoms with E-state index in [1.807, 2.05) is 0 Å². The molecule has 6 nitrogen and oxygen atoms in total. The van der Waals surface area contributed by atoms with E-state index in [1.165, 1.54) is 26.5 Å². The Morgan fingerprint density at radius 1 is 1.20 bits per heavy atom. The zero-order chi connectivity index (χ0) is 14.5. The number of ether oxygens (including phenoxy) is 2. The Morgan fingerprint density at radius 3 is 2.60 bits per heavy atom. The first kappa shape index (κ1) is 14.1. The molecule has 0 atom stereocenters. The number of halogens is 1. The highest BCUT2D eigenvalue weighted by atomic mass is 35.5. The molecule has 0 unspecified atom stereocenters. The maximum absolute atomic E-state index is 12.1. The van der Waals surface area contributed by atoms with Gasteiger partial charge < -0.3 is 9.47 Å². The summed E-state index contributed by atoms with van der Waals surface area (Å²) < 4.78 is 10.2. The molecular formula is C13H12ClN3O3. The Kier molecular flexibility index (Phi) is 4.37. The number of nitrogens with zero attached hydrogens (tertiary/aromatic N) is 2. The van der Waals surface area contributed by atoms with Crippen LogP contribution in [0, 0.1) is 0 Å². The maximum Gasteiger partial charge on any atom is 0.258 e. The van der Waals surface area contributed by atoms with Crippen molar-refractivity contribution in [2.75, 3.05) is 19.5 Å². The molecule has 0 aliphatic carbocycles. The molecule has 1 amide bonds. The molecule has 0 spiro atoms. The Labute approximate surface area is 120 Å². The Hall–Kier alpha value is -2.34. The zero-order valence-electron chi connectivity index (χ0n) is 10.9. The van der Waals surface area contributed by atoms with Crippen molar-refractivity contribution in [3.05, 3.63) is 41.2 Å². The van der Waals surface area contributed by atoms with Gasteiger partial charge in [0.15, 0.2) is 11.5 Å². The van der Waals surface area contributed by atoms with Gasteiger partial charge in [-0.15, -0.1) is 0 Å². The van der Waals surface area contributed by atoms with Crippen LogP contribution < -0.4 is 14.8 Å². The number of carbonyl (C=O) groups excluding carboxylic acids is 1. The SMILES string of the molecule is COc1ccc(C(=O)Nc2nccc(Cl)n2)cc1OC. The fraction of sp³-hybridized carbons (Fsp3) is 0.154. The van der Waals surface area contributed by atoms with Crippen LogP contribution in [0.3, 0.4) is 0 Å². The lowest BCUT2D eigenvalue weighted by molar-refractivity contribution is 0.102. The molecule has 0 bridgehead atoms. The number of methoxy groups -OCH3 is 2. The number of hydrogen-bond acceptors (Lipinski definition) is 5. The summed E-state index contributed by atoms with van der Waals surface area (Å²) in [7, 11) is 3.02.